The molecule has 0 amide bonds. The molecule has 0 bridgehead atoms. The molecule has 0 aliphatic heterocycles. The fourth-order valence-corrected chi connectivity index (χ4v) is 2.43. The first kappa shape index (κ1) is 17.3. The monoisotopic (exact) mass is 315 g/mol. The van der Waals surface area contributed by atoms with Gasteiger partial charge in [0.2, 0.25) is 5.76 Å². The number of carbonyl (C=O) groups is 1. The van der Waals surface area contributed by atoms with Crippen molar-refractivity contribution in [3.63, 3.8) is 0 Å². The lowest BCUT2D eigenvalue weighted by Gasteiger charge is -2.24. The Kier molecular flexibility index (Phi) is 4.64. The Morgan fingerprint density at radius 3 is 2.17 bits per heavy atom. The van der Waals surface area contributed by atoms with Crippen LogP contribution in [0.1, 0.15) is 68.9 Å². The number of benzene rings is 1. The first-order chi connectivity index (χ1) is 10.6. The van der Waals surface area contributed by atoms with E-state index in [1.165, 1.54) is 0 Å². The summed E-state index contributed by atoms with van der Waals surface area (Å²) in [6.07, 6.45) is 0. The Balaban J connectivity index is 2.29. The minimum Gasteiger partial charge on any atom is -0.455 e. The molecule has 0 unspecified atom stereocenters. The van der Waals surface area contributed by atoms with Gasteiger partial charge in [0, 0.05) is 11.0 Å². The predicted molar refractivity (Wildman–Crippen MR) is 89.5 cm³/mol. The normalized spacial score (nSPS) is 12.3. The van der Waals surface area contributed by atoms with Gasteiger partial charge in [-0.25, -0.2) is 4.79 Å². The van der Waals surface area contributed by atoms with Crippen molar-refractivity contribution < 1.29 is 14.1 Å². The van der Waals surface area contributed by atoms with Gasteiger partial charge in [0.1, 0.15) is 6.61 Å². The van der Waals surface area contributed by atoms with Gasteiger partial charge in [0.05, 0.1) is 5.69 Å². The van der Waals surface area contributed by atoms with Crippen LogP contribution < -0.4 is 0 Å². The maximum atomic E-state index is 12.5. The van der Waals surface area contributed by atoms with E-state index < -0.39 is 5.97 Å². The lowest BCUT2D eigenvalue weighted by Crippen LogP contribution is -2.23. The molecular formula is C19H25NO3. The Hall–Kier alpha value is -2.10. The SMILES string of the molecule is CC(C)(C)c1noc(C(=O)OCc2ccccc2)c1C(C)(C)C. The van der Waals surface area contributed by atoms with Crippen molar-refractivity contribution in [2.45, 2.75) is 59.0 Å². The maximum absolute atomic E-state index is 12.5. The van der Waals surface area contributed by atoms with Crippen molar-refractivity contribution in [2.24, 2.45) is 0 Å². The van der Waals surface area contributed by atoms with E-state index in [0.29, 0.717) is 0 Å². The summed E-state index contributed by atoms with van der Waals surface area (Å²) in [4.78, 5) is 12.5. The largest absolute Gasteiger partial charge is 0.455 e. The van der Waals surface area contributed by atoms with E-state index >= 15 is 0 Å². The van der Waals surface area contributed by atoms with Crippen LogP contribution in [0.5, 0.6) is 0 Å². The minimum atomic E-state index is -0.471. The maximum Gasteiger partial charge on any atom is 0.377 e. The fraction of sp³-hybridized carbons (Fsp3) is 0.474. The van der Waals surface area contributed by atoms with Crippen LogP contribution >= 0.6 is 0 Å². The number of rotatable bonds is 3. The molecule has 0 saturated heterocycles. The Bertz CT molecular complexity index is 673. The van der Waals surface area contributed by atoms with Gasteiger partial charge in [0.25, 0.3) is 0 Å². The van der Waals surface area contributed by atoms with E-state index in [9.17, 15) is 4.79 Å². The van der Waals surface area contributed by atoms with Crippen LogP contribution in [-0.2, 0) is 22.2 Å². The number of ether oxygens (including phenoxy) is 1. The van der Waals surface area contributed by atoms with Crippen LogP contribution in [0.15, 0.2) is 34.9 Å². The standard InChI is InChI=1S/C19H25NO3/c1-18(2,3)14-15(23-20-16(14)19(4,5)6)17(21)22-12-13-10-8-7-9-11-13/h7-11H,12H2,1-6H3. The van der Waals surface area contributed by atoms with Crippen LogP contribution in [0, 0.1) is 0 Å². The number of hydrogen-bond acceptors (Lipinski definition) is 4. The summed E-state index contributed by atoms with van der Waals surface area (Å²) >= 11 is 0. The summed E-state index contributed by atoms with van der Waals surface area (Å²) in [6, 6.07) is 9.58. The van der Waals surface area contributed by atoms with Crippen molar-refractivity contribution in [3.05, 3.63) is 52.9 Å². The van der Waals surface area contributed by atoms with Gasteiger partial charge in [0.15, 0.2) is 0 Å². The summed E-state index contributed by atoms with van der Waals surface area (Å²) in [5.41, 5.74) is 2.10. The summed E-state index contributed by atoms with van der Waals surface area (Å²) in [7, 11) is 0. The highest BCUT2D eigenvalue weighted by Gasteiger charge is 2.36. The molecule has 0 saturated carbocycles. The summed E-state index contributed by atoms with van der Waals surface area (Å²) in [5, 5.41) is 4.15. The number of nitrogens with zero attached hydrogens (tertiary/aromatic N) is 1. The highest BCUT2D eigenvalue weighted by Crippen LogP contribution is 2.36. The molecule has 0 radical (unpaired) electrons. The first-order valence-electron chi connectivity index (χ1n) is 7.82. The molecule has 0 atom stereocenters. The van der Waals surface area contributed by atoms with Crippen LogP contribution in [0.2, 0.25) is 0 Å². The second-order valence-corrected chi connectivity index (χ2v) is 7.80. The molecule has 0 N–H and O–H groups in total. The van der Waals surface area contributed by atoms with E-state index in [1.54, 1.807) is 0 Å². The van der Waals surface area contributed by atoms with E-state index in [1.807, 2.05) is 51.1 Å². The first-order valence-corrected chi connectivity index (χ1v) is 7.82. The topological polar surface area (TPSA) is 52.3 Å². The summed E-state index contributed by atoms with van der Waals surface area (Å²) in [6.45, 7) is 12.5. The molecular weight excluding hydrogens is 290 g/mol. The molecule has 0 aliphatic carbocycles. The van der Waals surface area contributed by atoms with Crippen molar-refractivity contribution >= 4 is 5.97 Å². The predicted octanol–water partition coefficient (Wildman–Crippen LogP) is 4.63. The molecule has 2 rings (SSSR count). The Labute approximate surface area is 137 Å². The van der Waals surface area contributed by atoms with Crippen LogP contribution in [0.3, 0.4) is 0 Å². The van der Waals surface area contributed by atoms with Gasteiger partial charge < -0.3 is 9.26 Å². The quantitative estimate of drug-likeness (QED) is 0.775. The molecule has 0 spiro atoms. The Morgan fingerprint density at radius 2 is 1.65 bits per heavy atom. The molecule has 1 heterocycles. The molecule has 0 aliphatic rings. The Morgan fingerprint density at radius 1 is 1.04 bits per heavy atom. The van der Waals surface area contributed by atoms with Gasteiger partial charge >= 0.3 is 5.97 Å². The third kappa shape index (κ3) is 4.01. The number of carbonyl (C=O) groups excluding carboxylic acids is 1. The van der Waals surface area contributed by atoms with Gasteiger partial charge in [-0.3, -0.25) is 0 Å². The number of aromatic nitrogens is 1. The minimum absolute atomic E-state index is 0.204. The molecule has 1 aromatic heterocycles. The molecule has 4 nitrogen and oxygen atoms in total. The molecule has 1 aromatic carbocycles. The third-order valence-corrected chi connectivity index (χ3v) is 3.55. The smallest absolute Gasteiger partial charge is 0.377 e. The lowest BCUT2D eigenvalue weighted by molar-refractivity contribution is 0.0422. The van der Waals surface area contributed by atoms with Crippen molar-refractivity contribution in [2.75, 3.05) is 0 Å². The number of esters is 1. The zero-order valence-corrected chi connectivity index (χ0v) is 14.8. The molecule has 4 heteroatoms. The van der Waals surface area contributed by atoms with Crippen molar-refractivity contribution in [3.8, 4) is 0 Å². The number of hydrogen-bond donors (Lipinski definition) is 0. The highest BCUT2D eigenvalue weighted by atomic mass is 16.6. The molecule has 23 heavy (non-hydrogen) atoms. The van der Waals surface area contributed by atoms with Gasteiger partial charge in [-0.1, -0.05) is 77.0 Å². The zero-order valence-electron chi connectivity index (χ0n) is 14.8. The van der Waals surface area contributed by atoms with Crippen molar-refractivity contribution in [1.82, 2.24) is 5.16 Å². The van der Waals surface area contributed by atoms with E-state index in [2.05, 4.69) is 25.9 Å². The molecule has 124 valence electrons. The average Bonchev–Trinajstić information content (AvgIpc) is 2.91. The summed E-state index contributed by atoms with van der Waals surface area (Å²) in [5.74, 6) is -0.264. The summed E-state index contributed by atoms with van der Waals surface area (Å²) < 4.78 is 10.8. The molecule has 2 aromatic rings. The van der Waals surface area contributed by atoms with Gasteiger partial charge in [-0.2, -0.15) is 0 Å². The van der Waals surface area contributed by atoms with Crippen LogP contribution in [-0.4, -0.2) is 11.1 Å². The fourth-order valence-electron chi connectivity index (χ4n) is 2.43. The van der Waals surface area contributed by atoms with Crippen LogP contribution in [0.4, 0.5) is 0 Å². The lowest BCUT2D eigenvalue weighted by atomic mass is 9.78. The van der Waals surface area contributed by atoms with Gasteiger partial charge in [-0.05, 0) is 11.0 Å². The van der Waals surface area contributed by atoms with Crippen molar-refractivity contribution in [1.29, 1.82) is 0 Å². The third-order valence-electron chi connectivity index (χ3n) is 3.55. The highest BCUT2D eigenvalue weighted by molar-refractivity contribution is 5.88. The average molecular weight is 315 g/mol. The second-order valence-electron chi connectivity index (χ2n) is 7.80. The molecule has 0 fully saturated rings. The van der Waals surface area contributed by atoms with E-state index in [-0.39, 0.29) is 23.2 Å². The second kappa shape index (κ2) is 6.19. The van der Waals surface area contributed by atoms with Crippen LogP contribution in [0.25, 0.3) is 0 Å². The van der Waals surface area contributed by atoms with E-state index in [0.717, 1.165) is 16.8 Å². The zero-order chi connectivity index (χ0) is 17.3. The van der Waals surface area contributed by atoms with E-state index in [4.69, 9.17) is 9.26 Å². The van der Waals surface area contributed by atoms with Gasteiger partial charge in [-0.15, -0.1) is 0 Å².